The summed E-state index contributed by atoms with van der Waals surface area (Å²) in [4.78, 5) is 17.1. The normalized spacial score (nSPS) is 21.7. The highest BCUT2D eigenvalue weighted by Gasteiger charge is 2.35. The molecule has 3 rings (SSSR count). The number of hydrogen-bond donors (Lipinski definition) is 1. The topological polar surface area (TPSA) is 59.8 Å². The molecule has 1 saturated carbocycles. The number of rotatable bonds is 3. The molecule has 6 heteroatoms. The molecule has 0 aliphatic heterocycles. The minimum absolute atomic E-state index is 0.0532. The second-order valence-corrected chi connectivity index (χ2v) is 8.64. The Hall–Kier alpha value is -1.69. The summed E-state index contributed by atoms with van der Waals surface area (Å²) in [6.07, 6.45) is 8.39. The zero-order valence-corrected chi connectivity index (χ0v) is 15.7. The molecule has 1 amide bonds. The minimum Gasteiger partial charge on any atom is -0.348 e. The van der Waals surface area contributed by atoms with Crippen LogP contribution in [0.5, 0.6) is 0 Å². The third-order valence-electron chi connectivity index (χ3n) is 4.88. The van der Waals surface area contributed by atoms with Gasteiger partial charge in [0.25, 0.3) is 5.91 Å². The number of carbonyl (C=O) groups excluding carboxylic acids is 1. The highest BCUT2D eigenvalue weighted by atomic mass is 32.1. The van der Waals surface area contributed by atoms with E-state index in [0.29, 0.717) is 11.6 Å². The number of nitrogens with zero attached hydrogens (tertiary/aromatic N) is 3. The van der Waals surface area contributed by atoms with Gasteiger partial charge in [0.1, 0.15) is 10.7 Å². The largest absolute Gasteiger partial charge is 0.348 e. The molecule has 0 bridgehead atoms. The fourth-order valence-corrected chi connectivity index (χ4v) is 4.40. The number of hydrogen-bond acceptors (Lipinski definition) is 4. The molecule has 2 aromatic heterocycles. The van der Waals surface area contributed by atoms with Crippen LogP contribution in [0.2, 0.25) is 0 Å². The molecule has 0 spiro atoms. The molecule has 0 saturated heterocycles. The molecule has 0 unspecified atom stereocenters. The number of aryl methyl sites for hydroxylation is 1. The molecule has 24 heavy (non-hydrogen) atoms. The van der Waals surface area contributed by atoms with Gasteiger partial charge in [-0.25, -0.2) is 4.98 Å². The molecule has 2 heterocycles. The number of amides is 1. The van der Waals surface area contributed by atoms with Gasteiger partial charge in [-0.2, -0.15) is 5.10 Å². The summed E-state index contributed by atoms with van der Waals surface area (Å²) in [7, 11) is 1.88. The van der Waals surface area contributed by atoms with E-state index < -0.39 is 0 Å². The summed E-state index contributed by atoms with van der Waals surface area (Å²) in [6, 6.07) is 0.245. The van der Waals surface area contributed by atoms with E-state index in [0.717, 1.165) is 17.0 Å². The van der Waals surface area contributed by atoms with E-state index in [2.05, 4.69) is 36.2 Å². The Kier molecular flexibility index (Phi) is 4.76. The predicted molar refractivity (Wildman–Crippen MR) is 97.0 cm³/mol. The third kappa shape index (κ3) is 3.69. The van der Waals surface area contributed by atoms with Gasteiger partial charge in [0.2, 0.25) is 0 Å². The Bertz CT molecular complexity index is 713. The monoisotopic (exact) mass is 346 g/mol. The Balaban J connectivity index is 1.71. The number of carbonyl (C=O) groups is 1. The van der Waals surface area contributed by atoms with Crippen LogP contribution in [0.4, 0.5) is 0 Å². The quantitative estimate of drug-likeness (QED) is 0.917. The van der Waals surface area contributed by atoms with E-state index in [4.69, 9.17) is 0 Å². The molecule has 1 fully saturated rings. The standard InChI is InChI=1S/C18H26N4OS/c1-18(2,3)13-7-5-6-8-14(13)20-16(23)15-11-24-17(21-15)12-9-19-22(4)10-12/h9-11,13-14H,5-8H2,1-4H3,(H,20,23)/t13-,14-/m1/s1. The SMILES string of the molecule is Cn1cc(-c2nc(C(=O)N[C@@H]3CCCC[C@H]3C(C)(C)C)cs2)cn1. The number of thiazole rings is 1. The maximum Gasteiger partial charge on any atom is 0.271 e. The van der Waals surface area contributed by atoms with Crippen molar-refractivity contribution in [1.29, 1.82) is 0 Å². The molecule has 130 valence electrons. The second kappa shape index (κ2) is 6.67. The zero-order valence-electron chi connectivity index (χ0n) is 14.9. The first-order valence-corrected chi connectivity index (χ1v) is 9.48. The highest BCUT2D eigenvalue weighted by molar-refractivity contribution is 7.13. The van der Waals surface area contributed by atoms with Crippen molar-refractivity contribution >= 4 is 17.2 Å². The second-order valence-electron chi connectivity index (χ2n) is 7.78. The van der Waals surface area contributed by atoms with Crippen LogP contribution >= 0.6 is 11.3 Å². The van der Waals surface area contributed by atoms with E-state index in [9.17, 15) is 4.79 Å². The summed E-state index contributed by atoms with van der Waals surface area (Å²) < 4.78 is 1.74. The van der Waals surface area contributed by atoms with E-state index in [1.807, 2.05) is 18.6 Å². The van der Waals surface area contributed by atoms with Gasteiger partial charge in [0.05, 0.1) is 6.20 Å². The molecular formula is C18H26N4OS. The molecule has 2 aromatic rings. The molecule has 1 aliphatic carbocycles. The number of nitrogens with one attached hydrogen (secondary N) is 1. The molecular weight excluding hydrogens is 320 g/mol. The maximum atomic E-state index is 12.6. The molecule has 1 aliphatic rings. The first-order chi connectivity index (χ1) is 11.3. The van der Waals surface area contributed by atoms with Crippen molar-refractivity contribution in [2.45, 2.75) is 52.5 Å². The van der Waals surface area contributed by atoms with E-state index >= 15 is 0 Å². The van der Waals surface area contributed by atoms with Gasteiger partial charge in [-0.1, -0.05) is 33.6 Å². The van der Waals surface area contributed by atoms with Crippen molar-refractivity contribution in [3.05, 3.63) is 23.5 Å². The van der Waals surface area contributed by atoms with Crippen LogP contribution in [-0.2, 0) is 7.05 Å². The molecule has 0 aromatic carbocycles. The lowest BCUT2D eigenvalue weighted by molar-refractivity contribution is 0.0826. The van der Waals surface area contributed by atoms with Crippen molar-refractivity contribution < 1.29 is 4.79 Å². The average Bonchev–Trinajstić information content (AvgIpc) is 3.15. The van der Waals surface area contributed by atoms with Crippen LogP contribution in [0.1, 0.15) is 56.9 Å². The predicted octanol–water partition coefficient (Wildman–Crippen LogP) is 3.88. The van der Waals surface area contributed by atoms with Gasteiger partial charge in [-0.3, -0.25) is 9.48 Å². The van der Waals surface area contributed by atoms with Crippen LogP contribution in [-0.4, -0.2) is 26.7 Å². The fourth-order valence-electron chi connectivity index (χ4n) is 3.62. The van der Waals surface area contributed by atoms with E-state index in [-0.39, 0.29) is 17.4 Å². The number of aromatic nitrogens is 3. The zero-order chi connectivity index (χ0) is 17.3. The fraction of sp³-hybridized carbons (Fsp3) is 0.611. The Morgan fingerprint density at radius 3 is 2.75 bits per heavy atom. The summed E-state index contributed by atoms with van der Waals surface area (Å²) in [5, 5.41) is 10.1. The highest BCUT2D eigenvalue weighted by Crippen LogP contribution is 2.38. The van der Waals surface area contributed by atoms with Crippen molar-refractivity contribution in [3.63, 3.8) is 0 Å². The van der Waals surface area contributed by atoms with E-state index in [1.54, 1.807) is 10.9 Å². The van der Waals surface area contributed by atoms with Gasteiger partial charge in [0, 0.05) is 30.2 Å². The summed E-state index contributed by atoms with van der Waals surface area (Å²) in [6.45, 7) is 6.81. The Labute approximate surface area is 147 Å². The van der Waals surface area contributed by atoms with Gasteiger partial charge < -0.3 is 5.32 Å². The van der Waals surface area contributed by atoms with Gasteiger partial charge in [-0.15, -0.1) is 11.3 Å². The van der Waals surface area contributed by atoms with Crippen molar-refractivity contribution in [3.8, 4) is 10.6 Å². The minimum atomic E-state index is -0.0532. The molecule has 0 radical (unpaired) electrons. The average molecular weight is 346 g/mol. The molecule has 5 nitrogen and oxygen atoms in total. The van der Waals surface area contributed by atoms with Crippen LogP contribution in [0, 0.1) is 11.3 Å². The summed E-state index contributed by atoms with van der Waals surface area (Å²) in [5.41, 5.74) is 1.67. The van der Waals surface area contributed by atoms with E-state index in [1.165, 1.54) is 30.6 Å². The molecule has 2 atom stereocenters. The lowest BCUT2D eigenvalue weighted by atomic mass is 9.69. The third-order valence-corrected chi connectivity index (χ3v) is 5.77. The lowest BCUT2D eigenvalue weighted by Crippen LogP contribution is -2.46. The Morgan fingerprint density at radius 1 is 1.33 bits per heavy atom. The van der Waals surface area contributed by atoms with Gasteiger partial charge in [-0.05, 0) is 24.2 Å². The summed E-state index contributed by atoms with van der Waals surface area (Å²) >= 11 is 1.49. The van der Waals surface area contributed by atoms with Crippen molar-refractivity contribution in [2.24, 2.45) is 18.4 Å². The smallest absolute Gasteiger partial charge is 0.271 e. The first-order valence-electron chi connectivity index (χ1n) is 8.60. The first kappa shape index (κ1) is 17.1. The van der Waals surface area contributed by atoms with Crippen LogP contribution in [0.3, 0.4) is 0 Å². The molecule has 1 N–H and O–H groups in total. The summed E-state index contributed by atoms with van der Waals surface area (Å²) in [5.74, 6) is 0.467. The van der Waals surface area contributed by atoms with Gasteiger partial charge >= 0.3 is 0 Å². The van der Waals surface area contributed by atoms with Crippen LogP contribution in [0.15, 0.2) is 17.8 Å². The van der Waals surface area contributed by atoms with Gasteiger partial charge in [0.15, 0.2) is 0 Å². The lowest BCUT2D eigenvalue weighted by Gasteiger charge is -2.40. The van der Waals surface area contributed by atoms with Crippen LogP contribution < -0.4 is 5.32 Å². The Morgan fingerprint density at radius 2 is 2.08 bits per heavy atom. The maximum absolute atomic E-state index is 12.6. The van der Waals surface area contributed by atoms with Crippen molar-refractivity contribution in [2.75, 3.05) is 0 Å². The van der Waals surface area contributed by atoms with Crippen molar-refractivity contribution in [1.82, 2.24) is 20.1 Å². The van der Waals surface area contributed by atoms with Crippen LogP contribution in [0.25, 0.3) is 10.6 Å².